The number of nitrogens with zero attached hydrogens (tertiary/aromatic N) is 2. The van der Waals surface area contributed by atoms with Gasteiger partial charge in [-0.2, -0.15) is 0 Å². The summed E-state index contributed by atoms with van der Waals surface area (Å²) in [4.78, 5) is 8.65. The molecule has 1 aliphatic heterocycles. The molecule has 2 rings (SSSR count). The van der Waals surface area contributed by atoms with Gasteiger partial charge in [0, 0.05) is 23.9 Å². The Labute approximate surface area is 121 Å². The molecule has 20 heavy (non-hydrogen) atoms. The van der Waals surface area contributed by atoms with Crippen LogP contribution in [0.15, 0.2) is 12.4 Å². The summed E-state index contributed by atoms with van der Waals surface area (Å²) in [6.07, 6.45) is 4.56. The van der Waals surface area contributed by atoms with E-state index in [9.17, 15) is 0 Å². The minimum atomic E-state index is -0.405. The first-order valence-corrected chi connectivity index (χ1v) is 7.19. The maximum absolute atomic E-state index is 5.97. The van der Waals surface area contributed by atoms with Crippen molar-refractivity contribution >= 4 is 18.5 Å². The van der Waals surface area contributed by atoms with Crippen molar-refractivity contribution in [2.24, 2.45) is 0 Å². The zero-order chi connectivity index (χ0) is 15.0. The Hall–Kier alpha value is -1.14. The van der Waals surface area contributed by atoms with Gasteiger partial charge in [0.25, 0.3) is 0 Å². The van der Waals surface area contributed by atoms with Crippen LogP contribution in [-0.4, -0.2) is 34.3 Å². The molecule has 1 saturated heterocycles. The molecular formula is C14H24BN3O2. The molecular weight excluding hydrogens is 253 g/mol. The maximum atomic E-state index is 5.97. The third-order valence-corrected chi connectivity index (χ3v) is 4.19. The van der Waals surface area contributed by atoms with E-state index in [1.54, 1.807) is 12.4 Å². The summed E-state index contributed by atoms with van der Waals surface area (Å²) < 4.78 is 11.9. The number of rotatable bonds is 4. The molecule has 2 heterocycles. The van der Waals surface area contributed by atoms with Gasteiger partial charge in [0.05, 0.1) is 11.2 Å². The van der Waals surface area contributed by atoms with Gasteiger partial charge in [-0.15, -0.1) is 0 Å². The van der Waals surface area contributed by atoms with Crippen LogP contribution < -0.4 is 10.8 Å². The lowest BCUT2D eigenvalue weighted by Gasteiger charge is -2.32. The smallest absolute Gasteiger partial charge is 0.399 e. The van der Waals surface area contributed by atoms with Crippen molar-refractivity contribution in [2.75, 3.05) is 5.32 Å². The Morgan fingerprint density at radius 3 is 2.10 bits per heavy atom. The van der Waals surface area contributed by atoms with Crippen molar-refractivity contribution in [3.8, 4) is 0 Å². The van der Waals surface area contributed by atoms with Crippen molar-refractivity contribution < 1.29 is 9.31 Å². The van der Waals surface area contributed by atoms with E-state index in [4.69, 9.17) is 9.31 Å². The SMILES string of the molecule is CCC(C)Nc1ncc(B2OC(C)(C)C(C)(C)O2)cn1. The molecule has 5 nitrogen and oxygen atoms in total. The monoisotopic (exact) mass is 277 g/mol. The minimum absolute atomic E-state index is 0.342. The van der Waals surface area contributed by atoms with Crippen LogP contribution in [-0.2, 0) is 9.31 Å². The lowest BCUT2D eigenvalue weighted by molar-refractivity contribution is 0.00578. The molecule has 0 aliphatic carbocycles. The first-order valence-electron chi connectivity index (χ1n) is 7.19. The molecule has 0 radical (unpaired) electrons. The normalized spacial score (nSPS) is 21.8. The van der Waals surface area contributed by atoms with E-state index in [1.165, 1.54) is 0 Å². The lowest BCUT2D eigenvalue weighted by Crippen LogP contribution is -2.41. The molecule has 0 amide bonds. The highest BCUT2D eigenvalue weighted by atomic mass is 16.7. The molecule has 0 spiro atoms. The van der Waals surface area contributed by atoms with E-state index < -0.39 is 7.12 Å². The number of nitrogens with one attached hydrogen (secondary N) is 1. The Morgan fingerprint density at radius 2 is 1.65 bits per heavy atom. The van der Waals surface area contributed by atoms with Crippen molar-refractivity contribution in [3.05, 3.63) is 12.4 Å². The molecule has 1 atom stereocenters. The molecule has 1 fully saturated rings. The summed E-state index contributed by atoms with van der Waals surface area (Å²) in [6.45, 7) is 12.4. The first kappa shape index (κ1) is 15.3. The van der Waals surface area contributed by atoms with Crippen LogP contribution in [0.3, 0.4) is 0 Å². The minimum Gasteiger partial charge on any atom is -0.399 e. The molecule has 6 heteroatoms. The molecule has 1 unspecified atom stereocenters. The largest absolute Gasteiger partial charge is 0.498 e. The first-order chi connectivity index (χ1) is 9.25. The molecule has 1 N–H and O–H groups in total. The van der Waals surface area contributed by atoms with Crippen molar-refractivity contribution in [1.82, 2.24) is 9.97 Å². The van der Waals surface area contributed by atoms with Gasteiger partial charge in [0.2, 0.25) is 5.95 Å². The van der Waals surface area contributed by atoms with Gasteiger partial charge in [-0.05, 0) is 41.0 Å². The van der Waals surface area contributed by atoms with Crippen molar-refractivity contribution in [2.45, 2.75) is 65.2 Å². The average Bonchev–Trinajstić information content (AvgIpc) is 2.59. The number of anilines is 1. The number of aromatic nitrogens is 2. The number of hydrogen-bond donors (Lipinski definition) is 1. The van der Waals surface area contributed by atoms with E-state index in [2.05, 4.69) is 29.1 Å². The van der Waals surface area contributed by atoms with Gasteiger partial charge in [-0.25, -0.2) is 9.97 Å². The summed E-state index contributed by atoms with van der Waals surface area (Å²) >= 11 is 0. The van der Waals surface area contributed by atoms with Gasteiger partial charge in [-0.3, -0.25) is 0 Å². The summed E-state index contributed by atoms with van der Waals surface area (Å²) in [5.41, 5.74) is 0.162. The summed E-state index contributed by atoms with van der Waals surface area (Å²) in [6, 6.07) is 0.359. The molecule has 110 valence electrons. The average molecular weight is 277 g/mol. The fourth-order valence-corrected chi connectivity index (χ4v) is 1.84. The highest BCUT2D eigenvalue weighted by Crippen LogP contribution is 2.36. The third-order valence-electron chi connectivity index (χ3n) is 4.19. The van der Waals surface area contributed by atoms with Gasteiger partial charge in [0.1, 0.15) is 0 Å². The zero-order valence-corrected chi connectivity index (χ0v) is 13.2. The Kier molecular flexibility index (Phi) is 4.07. The predicted octanol–water partition coefficient (Wildman–Crippen LogP) is 1.99. The Balaban J connectivity index is 2.08. The zero-order valence-electron chi connectivity index (χ0n) is 13.2. The van der Waals surface area contributed by atoms with Crippen LogP contribution in [0.5, 0.6) is 0 Å². The molecule has 0 aromatic carbocycles. The maximum Gasteiger partial charge on any atom is 0.498 e. The van der Waals surface area contributed by atoms with Crippen LogP contribution in [0, 0.1) is 0 Å². The van der Waals surface area contributed by atoms with Crippen LogP contribution in [0.25, 0.3) is 0 Å². The summed E-state index contributed by atoms with van der Waals surface area (Å²) in [5.74, 6) is 0.639. The molecule has 1 aliphatic rings. The molecule has 1 aromatic heterocycles. The van der Waals surface area contributed by atoms with Crippen molar-refractivity contribution in [1.29, 1.82) is 0 Å². The van der Waals surface area contributed by atoms with E-state index in [0.717, 1.165) is 11.9 Å². The summed E-state index contributed by atoms with van der Waals surface area (Å²) in [7, 11) is -0.405. The lowest BCUT2D eigenvalue weighted by atomic mass is 9.81. The second-order valence-electron chi connectivity index (χ2n) is 6.38. The fraction of sp³-hybridized carbons (Fsp3) is 0.714. The standard InChI is InChI=1S/C14H24BN3O2/c1-7-10(2)18-12-16-8-11(9-17-12)15-19-13(3,4)14(5,6)20-15/h8-10H,7H2,1-6H3,(H,16,17,18). The fourth-order valence-electron chi connectivity index (χ4n) is 1.84. The van der Waals surface area contributed by atoms with Crippen LogP contribution in [0.4, 0.5) is 5.95 Å². The quantitative estimate of drug-likeness (QED) is 0.853. The highest BCUT2D eigenvalue weighted by molar-refractivity contribution is 6.61. The third kappa shape index (κ3) is 2.96. The Bertz CT molecular complexity index is 446. The summed E-state index contributed by atoms with van der Waals surface area (Å²) in [5, 5.41) is 3.24. The number of hydrogen-bond acceptors (Lipinski definition) is 5. The van der Waals surface area contributed by atoms with Gasteiger partial charge in [0.15, 0.2) is 0 Å². The highest BCUT2D eigenvalue weighted by Gasteiger charge is 2.51. The van der Waals surface area contributed by atoms with Gasteiger partial charge in [-0.1, -0.05) is 6.92 Å². The molecule has 1 aromatic rings. The van der Waals surface area contributed by atoms with E-state index in [1.807, 2.05) is 27.7 Å². The Morgan fingerprint density at radius 1 is 1.15 bits per heavy atom. The second-order valence-corrected chi connectivity index (χ2v) is 6.38. The van der Waals surface area contributed by atoms with Gasteiger partial charge < -0.3 is 14.6 Å². The van der Waals surface area contributed by atoms with Crippen molar-refractivity contribution in [3.63, 3.8) is 0 Å². The molecule has 0 bridgehead atoms. The van der Waals surface area contributed by atoms with Crippen LogP contribution >= 0.6 is 0 Å². The van der Waals surface area contributed by atoms with Crippen LogP contribution in [0.2, 0.25) is 0 Å². The molecule has 0 saturated carbocycles. The van der Waals surface area contributed by atoms with Crippen LogP contribution in [0.1, 0.15) is 48.0 Å². The second kappa shape index (κ2) is 5.33. The van der Waals surface area contributed by atoms with E-state index >= 15 is 0 Å². The van der Waals surface area contributed by atoms with E-state index in [-0.39, 0.29) is 11.2 Å². The topological polar surface area (TPSA) is 56.3 Å². The predicted molar refractivity (Wildman–Crippen MR) is 81.1 cm³/mol. The van der Waals surface area contributed by atoms with Gasteiger partial charge >= 0.3 is 7.12 Å². The van der Waals surface area contributed by atoms with E-state index in [0.29, 0.717) is 12.0 Å².